The first-order valence-electron chi connectivity index (χ1n) is 6.20. The predicted molar refractivity (Wildman–Crippen MR) is 70.4 cm³/mol. The molecule has 0 aromatic heterocycles. The van der Waals surface area contributed by atoms with Crippen LogP contribution < -0.4 is 5.73 Å². The minimum Gasteiger partial charge on any atom is -0.460 e. The lowest BCUT2D eigenvalue weighted by Gasteiger charge is -2.10. The molecule has 1 rings (SSSR count). The molecule has 0 amide bonds. The average molecular weight is 266 g/mol. The number of unbranched alkanes of at least 4 members (excludes halogenated alkanes) is 1. The maximum Gasteiger partial charge on any atom is 0.323 e. The molecule has 0 saturated carbocycles. The largest absolute Gasteiger partial charge is 0.460 e. The van der Waals surface area contributed by atoms with Gasteiger partial charge < -0.3 is 10.5 Å². The summed E-state index contributed by atoms with van der Waals surface area (Å²) in [7, 11) is 0. The van der Waals surface area contributed by atoms with Crippen molar-refractivity contribution in [1.29, 1.82) is 0 Å². The van der Waals surface area contributed by atoms with Crippen LogP contribution in [0.5, 0.6) is 0 Å². The molecule has 0 aliphatic rings. The quantitative estimate of drug-likeness (QED) is 0.463. The molecule has 1 aromatic carbocycles. The summed E-state index contributed by atoms with van der Waals surface area (Å²) >= 11 is 0. The van der Waals surface area contributed by atoms with Gasteiger partial charge in [0.15, 0.2) is 0 Å². The lowest BCUT2D eigenvalue weighted by Crippen LogP contribution is -2.32. The van der Waals surface area contributed by atoms with E-state index in [0.717, 1.165) is 12.8 Å². The summed E-state index contributed by atoms with van der Waals surface area (Å²) in [4.78, 5) is 21.5. The molecule has 6 nitrogen and oxygen atoms in total. The van der Waals surface area contributed by atoms with Crippen LogP contribution in [0.1, 0.15) is 31.7 Å². The molecule has 0 spiro atoms. The van der Waals surface area contributed by atoms with Gasteiger partial charge in [0, 0.05) is 12.1 Å². The van der Waals surface area contributed by atoms with E-state index in [9.17, 15) is 14.9 Å². The first kappa shape index (κ1) is 15.1. The third-order valence-corrected chi connectivity index (χ3v) is 2.70. The normalized spacial score (nSPS) is 11.9. The summed E-state index contributed by atoms with van der Waals surface area (Å²) in [5, 5.41) is 10.5. The Kier molecular flexibility index (Phi) is 5.95. The van der Waals surface area contributed by atoms with E-state index >= 15 is 0 Å². The number of benzene rings is 1. The molecule has 104 valence electrons. The van der Waals surface area contributed by atoms with Gasteiger partial charge in [-0.3, -0.25) is 14.9 Å². The summed E-state index contributed by atoms with van der Waals surface area (Å²) in [6, 6.07) is 5.27. The Morgan fingerprint density at radius 2 is 2.05 bits per heavy atom. The molecule has 6 heteroatoms. The number of esters is 1. The number of hydrogen-bond acceptors (Lipinski definition) is 5. The number of non-ortho nitro benzene ring substituents is 1. The zero-order valence-corrected chi connectivity index (χ0v) is 10.9. The second-order valence-electron chi connectivity index (χ2n) is 4.28. The molecule has 1 atom stereocenters. The van der Waals surface area contributed by atoms with Crippen molar-refractivity contribution in [2.45, 2.75) is 38.8 Å². The molecule has 0 aliphatic carbocycles. The molecule has 0 aliphatic heterocycles. The Morgan fingerprint density at radius 3 is 2.58 bits per heavy atom. The van der Waals surface area contributed by atoms with Crippen LogP contribution in [0.15, 0.2) is 24.3 Å². The fraction of sp³-hybridized carbons (Fsp3) is 0.462. The van der Waals surface area contributed by atoms with Gasteiger partial charge in [0.1, 0.15) is 12.6 Å². The van der Waals surface area contributed by atoms with Crippen molar-refractivity contribution >= 4 is 11.7 Å². The molecule has 1 aromatic rings. The van der Waals surface area contributed by atoms with Gasteiger partial charge in [0.25, 0.3) is 5.69 Å². The van der Waals surface area contributed by atoms with Gasteiger partial charge >= 0.3 is 5.97 Å². The van der Waals surface area contributed by atoms with Crippen LogP contribution in [0.25, 0.3) is 0 Å². The number of carbonyl (C=O) groups excluding carboxylic acids is 1. The van der Waals surface area contributed by atoms with E-state index in [4.69, 9.17) is 10.5 Å². The Balaban J connectivity index is 2.43. The van der Waals surface area contributed by atoms with Crippen molar-refractivity contribution in [2.75, 3.05) is 0 Å². The number of nitro groups is 1. The number of nitrogens with zero attached hydrogens (tertiary/aromatic N) is 1. The highest BCUT2D eigenvalue weighted by Gasteiger charge is 2.14. The highest BCUT2D eigenvalue weighted by molar-refractivity contribution is 5.75. The molecule has 19 heavy (non-hydrogen) atoms. The van der Waals surface area contributed by atoms with E-state index in [2.05, 4.69) is 0 Å². The third kappa shape index (κ3) is 5.05. The van der Waals surface area contributed by atoms with Crippen molar-refractivity contribution in [2.24, 2.45) is 5.73 Å². The molecule has 2 N–H and O–H groups in total. The number of nitrogens with two attached hydrogens (primary N) is 1. The van der Waals surface area contributed by atoms with Crippen molar-refractivity contribution in [3.63, 3.8) is 0 Å². The second-order valence-corrected chi connectivity index (χ2v) is 4.28. The first-order valence-corrected chi connectivity index (χ1v) is 6.20. The number of hydrogen-bond donors (Lipinski definition) is 1. The number of ether oxygens (including phenoxy) is 1. The smallest absolute Gasteiger partial charge is 0.323 e. The Bertz CT molecular complexity index is 431. The second kappa shape index (κ2) is 7.48. The fourth-order valence-electron chi connectivity index (χ4n) is 1.52. The maximum atomic E-state index is 11.5. The van der Waals surface area contributed by atoms with Gasteiger partial charge in [-0.05, 0) is 24.1 Å². The van der Waals surface area contributed by atoms with Gasteiger partial charge in [-0.15, -0.1) is 0 Å². The SMILES string of the molecule is CCCCC(N)C(=O)OCc1ccc([N+](=O)[O-])cc1. The van der Waals surface area contributed by atoms with Crippen LogP contribution in [0.4, 0.5) is 5.69 Å². The monoisotopic (exact) mass is 266 g/mol. The van der Waals surface area contributed by atoms with Crippen molar-refractivity contribution < 1.29 is 14.5 Å². The fourth-order valence-corrected chi connectivity index (χ4v) is 1.52. The zero-order chi connectivity index (χ0) is 14.3. The minimum atomic E-state index is -0.599. The van der Waals surface area contributed by atoms with E-state index in [1.807, 2.05) is 6.92 Å². The number of rotatable bonds is 7. The minimum absolute atomic E-state index is 0.00900. The van der Waals surface area contributed by atoms with Crippen molar-refractivity contribution in [3.05, 3.63) is 39.9 Å². The highest BCUT2D eigenvalue weighted by atomic mass is 16.6. The van der Waals surface area contributed by atoms with Crippen LogP contribution in [-0.2, 0) is 16.1 Å². The van der Waals surface area contributed by atoms with E-state index in [1.165, 1.54) is 12.1 Å². The Morgan fingerprint density at radius 1 is 1.42 bits per heavy atom. The zero-order valence-electron chi connectivity index (χ0n) is 10.9. The summed E-state index contributed by atoms with van der Waals surface area (Å²) < 4.78 is 5.05. The molecule has 0 saturated heterocycles. The van der Waals surface area contributed by atoms with Crippen LogP contribution in [0.2, 0.25) is 0 Å². The van der Waals surface area contributed by atoms with Gasteiger partial charge in [-0.2, -0.15) is 0 Å². The maximum absolute atomic E-state index is 11.5. The lowest BCUT2D eigenvalue weighted by molar-refractivity contribution is -0.384. The van der Waals surface area contributed by atoms with Crippen molar-refractivity contribution in [1.82, 2.24) is 0 Å². The summed E-state index contributed by atoms with van der Waals surface area (Å²) in [6.45, 7) is 2.10. The summed E-state index contributed by atoms with van der Waals surface area (Å²) in [5.74, 6) is -0.438. The van der Waals surface area contributed by atoms with Gasteiger partial charge in [-0.1, -0.05) is 19.8 Å². The van der Waals surface area contributed by atoms with Crippen LogP contribution in [0, 0.1) is 10.1 Å². The topological polar surface area (TPSA) is 95.5 Å². The standard InChI is InChI=1S/C13H18N2O4/c1-2-3-4-12(14)13(16)19-9-10-5-7-11(8-6-10)15(17)18/h5-8,12H,2-4,9,14H2,1H3. The Labute approximate surface area is 111 Å². The molecule has 1 unspecified atom stereocenters. The summed E-state index contributed by atoms with van der Waals surface area (Å²) in [6.07, 6.45) is 2.47. The van der Waals surface area contributed by atoms with Crippen LogP contribution in [-0.4, -0.2) is 16.9 Å². The van der Waals surface area contributed by atoms with Gasteiger partial charge in [-0.25, -0.2) is 0 Å². The molecular weight excluding hydrogens is 248 g/mol. The molecule has 0 radical (unpaired) electrons. The van der Waals surface area contributed by atoms with Crippen LogP contribution in [0.3, 0.4) is 0 Å². The van der Waals surface area contributed by atoms with E-state index < -0.39 is 16.9 Å². The average Bonchev–Trinajstić information content (AvgIpc) is 2.42. The number of carbonyl (C=O) groups is 1. The Hall–Kier alpha value is -1.95. The number of nitro benzene ring substituents is 1. The van der Waals surface area contributed by atoms with Crippen LogP contribution >= 0.6 is 0 Å². The molecule has 0 bridgehead atoms. The van der Waals surface area contributed by atoms with Gasteiger partial charge in [0.05, 0.1) is 4.92 Å². The predicted octanol–water partition coefficient (Wildman–Crippen LogP) is 2.16. The molecule has 0 heterocycles. The van der Waals surface area contributed by atoms with Gasteiger partial charge in [0.2, 0.25) is 0 Å². The molecular formula is C13H18N2O4. The van der Waals surface area contributed by atoms with Crippen molar-refractivity contribution in [3.8, 4) is 0 Å². The van der Waals surface area contributed by atoms with E-state index in [-0.39, 0.29) is 12.3 Å². The third-order valence-electron chi connectivity index (χ3n) is 2.70. The van der Waals surface area contributed by atoms with E-state index in [1.54, 1.807) is 12.1 Å². The summed E-state index contributed by atoms with van der Waals surface area (Å²) in [5.41, 5.74) is 6.37. The highest BCUT2D eigenvalue weighted by Crippen LogP contribution is 2.13. The first-order chi connectivity index (χ1) is 9.04. The lowest BCUT2D eigenvalue weighted by atomic mass is 10.1. The molecule has 0 fully saturated rings. The van der Waals surface area contributed by atoms with E-state index in [0.29, 0.717) is 12.0 Å².